The molecule has 1 heterocycles. The molecule has 1 atom stereocenters. The molecule has 1 aromatic carbocycles. The third-order valence-electron chi connectivity index (χ3n) is 3.82. The number of likely N-dealkylation sites (tertiary alicyclic amines) is 1. The summed E-state index contributed by atoms with van der Waals surface area (Å²) in [6.07, 6.45) is 2.70. The Morgan fingerprint density at radius 2 is 1.89 bits per heavy atom. The van der Waals surface area contributed by atoms with E-state index in [0.717, 1.165) is 38.9 Å². The lowest BCUT2D eigenvalue weighted by molar-refractivity contribution is 0.0812. The van der Waals surface area contributed by atoms with Crippen LogP contribution in [0.15, 0.2) is 24.3 Å². The summed E-state index contributed by atoms with van der Waals surface area (Å²) < 4.78 is 0. The average Bonchev–Trinajstić information content (AvgIpc) is 2.38. The summed E-state index contributed by atoms with van der Waals surface area (Å²) >= 11 is 0. The van der Waals surface area contributed by atoms with Crippen molar-refractivity contribution < 1.29 is 5.11 Å². The van der Waals surface area contributed by atoms with Gasteiger partial charge in [-0.05, 0) is 38.3 Å². The molecule has 1 unspecified atom stereocenters. The SMILES string of the molecule is Cc1ccc(C(N)CCN2CCC(O)CC2)cc1. The van der Waals surface area contributed by atoms with Gasteiger partial charge in [0.25, 0.3) is 0 Å². The van der Waals surface area contributed by atoms with Crippen LogP contribution in [-0.2, 0) is 0 Å². The van der Waals surface area contributed by atoms with Crippen LogP contribution in [0.1, 0.15) is 36.4 Å². The van der Waals surface area contributed by atoms with Crippen LogP contribution >= 0.6 is 0 Å². The van der Waals surface area contributed by atoms with Gasteiger partial charge in [0.2, 0.25) is 0 Å². The summed E-state index contributed by atoms with van der Waals surface area (Å²) in [6, 6.07) is 8.61. The maximum absolute atomic E-state index is 9.46. The van der Waals surface area contributed by atoms with Gasteiger partial charge in [-0.1, -0.05) is 29.8 Å². The molecule has 0 bridgehead atoms. The van der Waals surface area contributed by atoms with Crippen LogP contribution in [0.5, 0.6) is 0 Å². The lowest BCUT2D eigenvalue weighted by Gasteiger charge is -2.30. The molecular weight excluding hydrogens is 224 g/mol. The molecule has 3 heteroatoms. The fraction of sp³-hybridized carbons (Fsp3) is 0.600. The van der Waals surface area contributed by atoms with Crippen molar-refractivity contribution in [2.45, 2.75) is 38.3 Å². The highest BCUT2D eigenvalue weighted by Gasteiger charge is 2.17. The minimum absolute atomic E-state index is 0.0907. The molecule has 1 saturated heterocycles. The lowest BCUT2D eigenvalue weighted by Crippen LogP contribution is -2.37. The maximum atomic E-state index is 9.46. The largest absolute Gasteiger partial charge is 0.393 e. The molecule has 1 aliphatic heterocycles. The minimum Gasteiger partial charge on any atom is -0.393 e. The van der Waals surface area contributed by atoms with Crippen LogP contribution < -0.4 is 5.73 Å². The van der Waals surface area contributed by atoms with Crippen LogP contribution in [0.4, 0.5) is 0 Å². The fourth-order valence-electron chi connectivity index (χ4n) is 2.44. The molecule has 0 aliphatic carbocycles. The van der Waals surface area contributed by atoms with Crippen molar-refractivity contribution in [3.8, 4) is 0 Å². The zero-order valence-corrected chi connectivity index (χ0v) is 11.2. The smallest absolute Gasteiger partial charge is 0.0564 e. The highest BCUT2D eigenvalue weighted by Crippen LogP contribution is 2.17. The number of aliphatic hydroxyl groups excluding tert-OH is 1. The van der Waals surface area contributed by atoms with E-state index in [9.17, 15) is 5.11 Å². The van der Waals surface area contributed by atoms with Gasteiger partial charge in [0.05, 0.1) is 6.10 Å². The number of aryl methyl sites for hydroxylation is 1. The molecule has 2 rings (SSSR count). The fourth-order valence-corrected chi connectivity index (χ4v) is 2.44. The number of hydrogen-bond donors (Lipinski definition) is 2. The van der Waals surface area contributed by atoms with Crippen molar-refractivity contribution >= 4 is 0 Å². The number of aliphatic hydroxyl groups is 1. The van der Waals surface area contributed by atoms with Crippen molar-refractivity contribution in [3.05, 3.63) is 35.4 Å². The van der Waals surface area contributed by atoms with Gasteiger partial charge in [-0.15, -0.1) is 0 Å². The van der Waals surface area contributed by atoms with E-state index >= 15 is 0 Å². The highest BCUT2D eigenvalue weighted by molar-refractivity contribution is 5.23. The predicted octanol–water partition coefficient (Wildman–Crippen LogP) is 1.84. The van der Waals surface area contributed by atoms with Crippen LogP contribution in [0.3, 0.4) is 0 Å². The standard InChI is InChI=1S/C15H24N2O/c1-12-2-4-13(5-3-12)15(16)8-11-17-9-6-14(18)7-10-17/h2-5,14-15,18H,6-11,16H2,1H3. The number of rotatable bonds is 4. The molecule has 0 saturated carbocycles. The minimum atomic E-state index is -0.0907. The second-order valence-electron chi connectivity index (χ2n) is 5.38. The van der Waals surface area contributed by atoms with Gasteiger partial charge in [0.15, 0.2) is 0 Å². The molecule has 18 heavy (non-hydrogen) atoms. The van der Waals surface area contributed by atoms with Gasteiger partial charge in [-0.2, -0.15) is 0 Å². The Morgan fingerprint density at radius 3 is 2.50 bits per heavy atom. The number of benzene rings is 1. The normalized spacial score (nSPS) is 19.9. The highest BCUT2D eigenvalue weighted by atomic mass is 16.3. The van der Waals surface area contributed by atoms with Crippen molar-refractivity contribution in [2.24, 2.45) is 5.73 Å². The molecular formula is C15H24N2O. The molecule has 0 spiro atoms. The van der Waals surface area contributed by atoms with Gasteiger partial charge in [-0.3, -0.25) is 0 Å². The maximum Gasteiger partial charge on any atom is 0.0564 e. The topological polar surface area (TPSA) is 49.5 Å². The van der Waals surface area contributed by atoms with E-state index < -0.39 is 0 Å². The molecule has 3 N–H and O–H groups in total. The first kappa shape index (κ1) is 13.5. The van der Waals surface area contributed by atoms with Crippen LogP contribution in [0, 0.1) is 6.92 Å². The zero-order chi connectivity index (χ0) is 13.0. The van der Waals surface area contributed by atoms with E-state index in [4.69, 9.17) is 5.73 Å². The molecule has 0 aromatic heterocycles. The van der Waals surface area contributed by atoms with E-state index in [1.807, 2.05) is 0 Å². The van der Waals surface area contributed by atoms with E-state index in [-0.39, 0.29) is 12.1 Å². The summed E-state index contributed by atoms with van der Waals surface area (Å²) in [4.78, 5) is 2.40. The molecule has 1 fully saturated rings. The number of nitrogens with zero attached hydrogens (tertiary/aromatic N) is 1. The van der Waals surface area contributed by atoms with Crippen molar-refractivity contribution in [3.63, 3.8) is 0 Å². The summed E-state index contributed by atoms with van der Waals surface area (Å²) in [7, 11) is 0. The third kappa shape index (κ3) is 3.80. The van der Waals surface area contributed by atoms with Crippen molar-refractivity contribution in [1.82, 2.24) is 4.90 Å². The predicted molar refractivity (Wildman–Crippen MR) is 74.4 cm³/mol. The Morgan fingerprint density at radius 1 is 1.28 bits per heavy atom. The van der Waals surface area contributed by atoms with Crippen LogP contribution in [-0.4, -0.2) is 35.7 Å². The Kier molecular flexibility index (Phi) is 4.75. The Bertz CT molecular complexity index is 355. The second-order valence-corrected chi connectivity index (χ2v) is 5.38. The van der Waals surface area contributed by atoms with Crippen LogP contribution in [0.25, 0.3) is 0 Å². The lowest BCUT2D eigenvalue weighted by atomic mass is 10.0. The van der Waals surface area contributed by atoms with Gasteiger partial charge in [-0.25, -0.2) is 0 Å². The molecule has 1 aliphatic rings. The summed E-state index contributed by atoms with van der Waals surface area (Å²) in [6.45, 7) is 5.12. The average molecular weight is 248 g/mol. The molecule has 0 radical (unpaired) electrons. The quantitative estimate of drug-likeness (QED) is 0.855. The number of hydrogen-bond acceptors (Lipinski definition) is 3. The van der Waals surface area contributed by atoms with Crippen molar-refractivity contribution in [2.75, 3.05) is 19.6 Å². The molecule has 3 nitrogen and oxygen atoms in total. The zero-order valence-electron chi connectivity index (χ0n) is 11.2. The van der Waals surface area contributed by atoms with E-state index in [1.165, 1.54) is 11.1 Å². The first-order chi connectivity index (χ1) is 8.65. The number of piperidine rings is 1. The van der Waals surface area contributed by atoms with Crippen molar-refractivity contribution in [1.29, 1.82) is 0 Å². The van der Waals surface area contributed by atoms with Gasteiger partial charge >= 0.3 is 0 Å². The van der Waals surface area contributed by atoms with Gasteiger partial charge in [0, 0.05) is 19.1 Å². The summed E-state index contributed by atoms with van der Waals surface area (Å²) in [5.41, 5.74) is 8.71. The Hall–Kier alpha value is -0.900. The number of nitrogens with two attached hydrogens (primary N) is 1. The third-order valence-corrected chi connectivity index (χ3v) is 3.82. The van der Waals surface area contributed by atoms with Crippen LogP contribution in [0.2, 0.25) is 0 Å². The second kappa shape index (κ2) is 6.32. The summed E-state index contributed by atoms with van der Waals surface area (Å²) in [5.74, 6) is 0. The van der Waals surface area contributed by atoms with Gasteiger partial charge < -0.3 is 15.7 Å². The van der Waals surface area contributed by atoms with E-state index in [1.54, 1.807) is 0 Å². The molecule has 0 amide bonds. The first-order valence-electron chi connectivity index (χ1n) is 6.88. The Labute approximate surface area is 110 Å². The van der Waals surface area contributed by atoms with E-state index in [0.29, 0.717) is 0 Å². The summed E-state index contributed by atoms with van der Waals surface area (Å²) in [5, 5.41) is 9.46. The molecule has 1 aromatic rings. The van der Waals surface area contributed by atoms with Gasteiger partial charge in [0.1, 0.15) is 0 Å². The molecule has 100 valence electrons. The Balaban J connectivity index is 1.77. The van der Waals surface area contributed by atoms with E-state index in [2.05, 4.69) is 36.1 Å². The first-order valence-corrected chi connectivity index (χ1v) is 6.88. The monoisotopic (exact) mass is 248 g/mol.